The predicted molar refractivity (Wildman–Crippen MR) is 322 cm³/mol. The van der Waals surface area contributed by atoms with Gasteiger partial charge in [-0.1, -0.05) is 152 Å². The summed E-state index contributed by atoms with van der Waals surface area (Å²) in [5, 5.41) is 0.739. The number of imidazole rings is 2. The maximum absolute atomic E-state index is 7.18. The van der Waals surface area contributed by atoms with E-state index < -0.39 is 0 Å². The fraction of sp³-hybridized carbons (Fsp3) is 0.200. The highest BCUT2D eigenvalue weighted by atomic mass is 16.5. The maximum atomic E-state index is 7.18. The number of nitrogens with zero attached hydrogens (tertiary/aromatic N) is 6. The van der Waals surface area contributed by atoms with Gasteiger partial charge in [0, 0.05) is 5.56 Å². The summed E-state index contributed by atoms with van der Waals surface area (Å²) < 4.78 is 25.7. The lowest BCUT2D eigenvalue weighted by Crippen LogP contribution is -2.09. The van der Waals surface area contributed by atoms with Crippen LogP contribution in [0.2, 0.25) is 0 Å². The van der Waals surface area contributed by atoms with E-state index in [0.717, 1.165) is 61.6 Å². The topological polar surface area (TPSA) is 96.9 Å². The van der Waals surface area contributed by atoms with E-state index >= 15 is 0 Å². The molecule has 5 aromatic heterocycles. The van der Waals surface area contributed by atoms with Crippen LogP contribution in [0.15, 0.2) is 179 Å². The Morgan fingerprint density at radius 1 is 0.392 bits per heavy atom. The molecular weight excluding hydrogens is 973 g/mol. The summed E-state index contributed by atoms with van der Waals surface area (Å²) in [6.45, 7) is 22.1. The van der Waals surface area contributed by atoms with Crippen LogP contribution < -0.4 is 4.74 Å². The normalized spacial score (nSPS) is 12.1. The van der Waals surface area contributed by atoms with Gasteiger partial charge < -0.3 is 13.6 Å². The largest absolute Gasteiger partial charge is 0.457 e. The number of fused-ring (bicyclic) bond motifs is 7. The molecule has 5 heterocycles. The zero-order valence-corrected chi connectivity index (χ0v) is 46.4. The van der Waals surface area contributed by atoms with Crippen LogP contribution >= 0.6 is 0 Å². The van der Waals surface area contributed by atoms with Gasteiger partial charge in [-0.3, -0.25) is 9.13 Å². The molecule has 8 aromatic carbocycles. The molecular formula is C70H62N6O3. The fourth-order valence-corrected chi connectivity index (χ4v) is 11.7. The first-order valence-corrected chi connectivity index (χ1v) is 27.6. The summed E-state index contributed by atoms with van der Waals surface area (Å²) in [6.07, 6.45) is 0. The van der Waals surface area contributed by atoms with Gasteiger partial charge in [-0.05, 0) is 155 Å². The van der Waals surface area contributed by atoms with Crippen molar-refractivity contribution in [1.82, 2.24) is 29.1 Å². The number of aryl methyl sites for hydroxylation is 2. The van der Waals surface area contributed by atoms with Crippen LogP contribution in [0.4, 0.5) is 0 Å². The molecule has 0 saturated heterocycles. The highest BCUT2D eigenvalue weighted by Gasteiger charge is 2.30. The molecule has 0 atom stereocenters. The third-order valence-corrected chi connectivity index (χ3v) is 15.5. The van der Waals surface area contributed by atoms with Crippen molar-refractivity contribution in [2.75, 3.05) is 0 Å². The SMILES string of the molecule is Cc1nc(C)c2oc3c4cc(Oc5cccc(-c6nc7ccccc7n6-c6c(C(C)C)cc(-c7ccccc7)cc6C(C)C)c5)cc(-c5nc6ccccc6n5-c5c(C(C)C)cc(-c6ccccc6)cc5C(C)C)c4oc3c2n1. The van der Waals surface area contributed by atoms with Gasteiger partial charge in [0.2, 0.25) is 0 Å². The van der Waals surface area contributed by atoms with Crippen molar-refractivity contribution in [3.63, 3.8) is 0 Å². The van der Waals surface area contributed by atoms with E-state index in [2.05, 4.69) is 227 Å². The van der Waals surface area contributed by atoms with Crippen molar-refractivity contribution in [1.29, 1.82) is 0 Å². The third-order valence-electron chi connectivity index (χ3n) is 15.5. The van der Waals surface area contributed by atoms with E-state index in [4.69, 9.17) is 28.5 Å². The molecule has 13 aromatic rings. The van der Waals surface area contributed by atoms with Crippen molar-refractivity contribution < 1.29 is 13.6 Å². The number of furan rings is 2. The lowest BCUT2D eigenvalue weighted by atomic mass is 9.88. The average Bonchev–Trinajstić information content (AvgIpc) is 4.34. The zero-order chi connectivity index (χ0) is 54.4. The van der Waals surface area contributed by atoms with Gasteiger partial charge in [0.15, 0.2) is 22.3 Å². The van der Waals surface area contributed by atoms with Gasteiger partial charge in [0.25, 0.3) is 0 Å². The van der Waals surface area contributed by atoms with E-state index in [0.29, 0.717) is 45.2 Å². The lowest BCUT2D eigenvalue weighted by molar-refractivity contribution is 0.483. The molecule has 0 saturated carbocycles. The average molecular weight is 1040 g/mol. The molecule has 0 N–H and O–H groups in total. The van der Waals surface area contributed by atoms with Crippen LogP contribution in [-0.4, -0.2) is 29.1 Å². The predicted octanol–water partition coefficient (Wildman–Crippen LogP) is 19.4. The van der Waals surface area contributed by atoms with Crippen LogP contribution in [-0.2, 0) is 0 Å². The van der Waals surface area contributed by atoms with E-state index in [1.165, 1.54) is 50.2 Å². The Labute approximate surface area is 460 Å². The minimum absolute atomic E-state index is 0.173. The second-order valence-electron chi connectivity index (χ2n) is 22.3. The Morgan fingerprint density at radius 2 is 0.873 bits per heavy atom. The van der Waals surface area contributed by atoms with Crippen molar-refractivity contribution in [2.45, 2.75) is 92.9 Å². The molecule has 0 aliphatic rings. The van der Waals surface area contributed by atoms with Crippen molar-refractivity contribution in [3.05, 3.63) is 204 Å². The van der Waals surface area contributed by atoms with Crippen LogP contribution in [0.1, 0.15) is 113 Å². The van der Waals surface area contributed by atoms with Crippen LogP contribution in [0.25, 0.3) is 112 Å². The lowest BCUT2D eigenvalue weighted by Gasteiger charge is -2.24. The van der Waals surface area contributed by atoms with Crippen molar-refractivity contribution in [2.24, 2.45) is 0 Å². The Kier molecular flexibility index (Phi) is 12.2. The quantitative estimate of drug-likeness (QED) is 0.120. The zero-order valence-electron chi connectivity index (χ0n) is 46.4. The molecule has 79 heavy (non-hydrogen) atoms. The molecule has 13 rings (SSSR count). The number of hydrogen-bond acceptors (Lipinski definition) is 7. The second-order valence-corrected chi connectivity index (χ2v) is 22.3. The van der Waals surface area contributed by atoms with Gasteiger partial charge in [-0.2, -0.15) is 0 Å². The fourth-order valence-electron chi connectivity index (χ4n) is 11.7. The highest BCUT2D eigenvalue weighted by molar-refractivity contribution is 6.15. The van der Waals surface area contributed by atoms with Gasteiger partial charge >= 0.3 is 0 Å². The van der Waals surface area contributed by atoms with Gasteiger partial charge in [0.1, 0.15) is 34.6 Å². The smallest absolute Gasteiger partial charge is 0.200 e. The Hall–Kier alpha value is -9.08. The standard InChI is InChI=1S/C70H62N6O3/c1-39(2)52-33-48(45-22-13-11-14-23-45)34-53(40(3)4)63(52)75-60-30-19-17-28-58(60)73-69(75)47-26-21-27-50(32-47)77-51-37-56-66(79-68-62-65(78-67(56)68)43(9)71-44(10)72-62)57(38-51)70-74-59-29-18-20-31-61(59)76(70)64-54(41(5)6)35-49(36-55(64)42(7)8)46-24-15-12-16-25-46/h11-42H,1-10H3. The molecule has 0 spiro atoms. The summed E-state index contributed by atoms with van der Waals surface area (Å²) in [7, 11) is 0. The highest BCUT2D eigenvalue weighted by Crippen LogP contribution is 2.47. The van der Waals surface area contributed by atoms with Crippen LogP contribution in [0.3, 0.4) is 0 Å². The molecule has 9 heteroatoms. The molecule has 0 aliphatic heterocycles. The van der Waals surface area contributed by atoms with Crippen LogP contribution in [0, 0.1) is 13.8 Å². The second kappa shape index (κ2) is 19.4. The first-order chi connectivity index (χ1) is 38.3. The molecule has 0 amide bonds. The minimum atomic E-state index is 0.173. The Bertz CT molecular complexity index is 4440. The van der Waals surface area contributed by atoms with E-state index in [9.17, 15) is 0 Å². The first kappa shape index (κ1) is 49.5. The summed E-state index contributed by atoms with van der Waals surface area (Å²) in [4.78, 5) is 20.5. The number of benzene rings is 8. The molecule has 0 bridgehead atoms. The molecule has 390 valence electrons. The molecule has 0 radical (unpaired) electrons. The Balaban J connectivity index is 1.03. The molecule has 0 fully saturated rings. The van der Waals surface area contributed by atoms with Gasteiger partial charge in [-0.25, -0.2) is 19.9 Å². The van der Waals surface area contributed by atoms with E-state index in [-0.39, 0.29) is 23.7 Å². The van der Waals surface area contributed by atoms with Crippen LogP contribution in [0.5, 0.6) is 11.5 Å². The summed E-state index contributed by atoms with van der Waals surface area (Å²) >= 11 is 0. The number of hydrogen-bond donors (Lipinski definition) is 0. The molecule has 0 unspecified atom stereocenters. The van der Waals surface area contributed by atoms with Crippen molar-refractivity contribution in [3.8, 4) is 67.9 Å². The number of aromatic nitrogens is 6. The Morgan fingerprint density at radius 3 is 1.42 bits per heavy atom. The van der Waals surface area contributed by atoms with Gasteiger partial charge in [-0.15, -0.1) is 0 Å². The maximum Gasteiger partial charge on any atom is 0.200 e. The van der Waals surface area contributed by atoms with E-state index in [1.807, 2.05) is 26.0 Å². The number of para-hydroxylation sites is 4. The van der Waals surface area contributed by atoms with Crippen molar-refractivity contribution >= 4 is 55.3 Å². The first-order valence-electron chi connectivity index (χ1n) is 27.6. The monoisotopic (exact) mass is 1030 g/mol. The number of rotatable bonds is 12. The minimum Gasteiger partial charge on any atom is -0.457 e. The third kappa shape index (κ3) is 8.47. The number of ether oxygens (including phenoxy) is 1. The summed E-state index contributed by atoms with van der Waals surface area (Å²) in [6, 6.07) is 60.0. The van der Waals surface area contributed by atoms with Gasteiger partial charge in [0.05, 0.1) is 50.1 Å². The summed E-state index contributed by atoms with van der Waals surface area (Å²) in [5.41, 5.74) is 21.2. The van der Waals surface area contributed by atoms with E-state index in [1.54, 1.807) is 0 Å². The molecule has 9 nitrogen and oxygen atoms in total. The summed E-state index contributed by atoms with van der Waals surface area (Å²) in [5.74, 6) is 4.21. The molecule has 0 aliphatic carbocycles.